The third-order valence-corrected chi connectivity index (χ3v) is 6.18. The number of hydrogen-bond donors (Lipinski definition) is 1. The zero-order valence-electron chi connectivity index (χ0n) is 19.7. The van der Waals surface area contributed by atoms with E-state index in [9.17, 15) is 13.2 Å². The van der Waals surface area contributed by atoms with Crippen LogP contribution in [0.15, 0.2) is 72.8 Å². The number of hydrogen-bond acceptors (Lipinski definition) is 5. The first-order chi connectivity index (χ1) is 16.3. The Kier molecular flexibility index (Phi) is 8.54. The smallest absolute Gasteiger partial charge is 0.251 e. The van der Waals surface area contributed by atoms with Crippen molar-refractivity contribution >= 4 is 21.6 Å². The van der Waals surface area contributed by atoms with E-state index in [1.54, 1.807) is 48.5 Å². The molecule has 0 atom stereocenters. The number of sulfonamides is 1. The second kappa shape index (κ2) is 11.6. The molecule has 0 fully saturated rings. The molecule has 0 aromatic heterocycles. The highest BCUT2D eigenvalue weighted by atomic mass is 32.2. The van der Waals surface area contributed by atoms with Crippen molar-refractivity contribution in [3.05, 3.63) is 89.5 Å². The molecule has 180 valence electrons. The van der Waals surface area contributed by atoms with E-state index in [0.29, 0.717) is 36.8 Å². The highest BCUT2D eigenvalue weighted by Gasteiger charge is 2.18. The second-order valence-electron chi connectivity index (χ2n) is 7.66. The lowest BCUT2D eigenvalue weighted by atomic mass is 10.1. The summed E-state index contributed by atoms with van der Waals surface area (Å²) in [5.74, 6) is 1.24. The highest BCUT2D eigenvalue weighted by Crippen LogP contribution is 2.24. The van der Waals surface area contributed by atoms with Crippen LogP contribution in [0.2, 0.25) is 0 Å². The molecule has 7 nitrogen and oxygen atoms in total. The largest absolute Gasteiger partial charge is 0.494 e. The first kappa shape index (κ1) is 25.1. The Hall–Kier alpha value is -3.52. The van der Waals surface area contributed by atoms with E-state index in [2.05, 4.69) is 5.32 Å². The van der Waals surface area contributed by atoms with Crippen LogP contribution in [0.25, 0.3) is 0 Å². The Labute approximate surface area is 201 Å². The van der Waals surface area contributed by atoms with Gasteiger partial charge in [-0.05, 0) is 73.5 Å². The van der Waals surface area contributed by atoms with E-state index in [1.165, 1.54) is 10.6 Å². The van der Waals surface area contributed by atoms with Gasteiger partial charge in [-0.15, -0.1) is 0 Å². The third-order valence-electron chi connectivity index (χ3n) is 5.04. The first-order valence-corrected chi connectivity index (χ1v) is 12.9. The van der Waals surface area contributed by atoms with Crippen LogP contribution in [0.5, 0.6) is 11.5 Å². The van der Waals surface area contributed by atoms with Crippen molar-refractivity contribution in [3.8, 4) is 11.5 Å². The maximum absolute atomic E-state index is 12.6. The SMILES string of the molecule is CCOc1ccc(N(Cc2ccc(C(=O)NCc3cccc(OCC)c3)cc2)S(C)(=O)=O)cc1. The van der Waals surface area contributed by atoms with Gasteiger partial charge < -0.3 is 14.8 Å². The van der Waals surface area contributed by atoms with E-state index in [4.69, 9.17) is 9.47 Å². The Morgan fingerprint density at radius 3 is 2.12 bits per heavy atom. The number of nitrogens with zero attached hydrogens (tertiary/aromatic N) is 1. The molecule has 0 saturated heterocycles. The summed E-state index contributed by atoms with van der Waals surface area (Å²) < 4.78 is 37.1. The van der Waals surface area contributed by atoms with E-state index >= 15 is 0 Å². The number of nitrogens with one attached hydrogen (secondary N) is 1. The number of rotatable bonds is 11. The molecule has 0 aliphatic carbocycles. The molecule has 3 aromatic carbocycles. The molecule has 1 N–H and O–H groups in total. The van der Waals surface area contributed by atoms with Crippen molar-refractivity contribution < 1.29 is 22.7 Å². The number of benzene rings is 3. The van der Waals surface area contributed by atoms with E-state index < -0.39 is 10.0 Å². The van der Waals surface area contributed by atoms with Crippen LogP contribution in [0.3, 0.4) is 0 Å². The van der Waals surface area contributed by atoms with Crippen LogP contribution in [0, 0.1) is 0 Å². The number of amides is 1. The molecular formula is C26H30N2O5S. The minimum Gasteiger partial charge on any atom is -0.494 e. The minimum absolute atomic E-state index is 0.152. The van der Waals surface area contributed by atoms with Crippen LogP contribution >= 0.6 is 0 Å². The summed E-state index contributed by atoms with van der Waals surface area (Å²) in [6.07, 6.45) is 1.17. The lowest BCUT2D eigenvalue weighted by Gasteiger charge is -2.23. The molecule has 0 unspecified atom stereocenters. The Balaban J connectivity index is 1.66. The topological polar surface area (TPSA) is 84.9 Å². The number of ether oxygens (including phenoxy) is 2. The van der Waals surface area contributed by atoms with Crippen LogP contribution < -0.4 is 19.1 Å². The zero-order valence-corrected chi connectivity index (χ0v) is 20.5. The van der Waals surface area contributed by atoms with Gasteiger partial charge in [0.2, 0.25) is 10.0 Å². The lowest BCUT2D eigenvalue weighted by Crippen LogP contribution is -2.29. The number of anilines is 1. The summed E-state index contributed by atoms with van der Waals surface area (Å²) in [5, 5.41) is 2.90. The highest BCUT2D eigenvalue weighted by molar-refractivity contribution is 7.92. The van der Waals surface area contributed by atoms with Crippen molar-refractivity contribution in [1.29, 1.82) is 0 Å². The molecule has 0 radical (unpaired) electrons. The van der Waals surface area contributed by atoms with Crippen molar-refractivity contribution in [3.63, 3.8) is 0 Å². The average molecular weight is 483 g/mol. The van der Waals surface area contributed by atoms with Crippen LogP contribution in [0.1, 0.15) is 35.3 Å². The molecule has 0 aliphatic rings. The molecule has 1 amide bonds. The maximum Gasteiger partial charge on any atom is 0.251 e. The van der Waals surface area contributed by atoms with Crippen molar-refractivity contribution in [2.24, 2.45) is 0 Å². The quantitative estimate of drug-likeness (QED) is 0.438. The van der Waals surface area contributed by atoms with E-state index in [0.717, 1.165) is 16.9 Å². The van der Waals surface area contributed by atoms with Gasteiger partial charge in [-0.2, -0.15) is 0 Å². The Morgan fingerprint density at radius 2 is 1.50 bits per heavy atom. The van der Waals surface area contributed by atoms with Crippen LogP contribution in [0.4, 0.5) is 5.69 Å². The van der Waals surface area contributed by atoms with Gasteiger partial charge in [0, 0.05) is 12.1 Å². The van der Waals surface area contributed by atoms with Crippen LogP contribution in [-0.4, -0.2) is 33.8 Å². The Morgan fingerprint density at radius 1 is 0.853 bits per heavy atom. The fourth-order valence-corrected chi connectivity index (χ4v) is 4.29. The van der Waals surface area contributed by atoms with Crippen LogP contribution in [-0.2, 0) is 23.1 Å². The normalized spacial score (nSPS) is 11.0. The summed E-state index contributed by atoms with van der Waals surface area (Å²) >= 11 is 0. The van der Waals surface area contributed by atoms with Crippen molar-refractivity contribution in [2.45, 2.75) is 26.9 Å². The molecule has 0 aliphatic heterocycles. The number of carbonyl (C=O) groups is 1. The molecule has 0 spiro atoms. The predicted molar refractivity (Wildman–Crippen MR) is 134 cm³/mol. The van der Waals surface area contributed by atoms with Gasteiger partial charge in [0.15, 0.2) is 0 Å². The van der Waals surface area contributed by atoms with E-state index in [1.807, 2.05) is 38.1 Å². The molecule has 0 bridgehead atoms. The average Bonchev–Trinajstić information content (AvgIpc) is 2.82. The first-order valence-electron chi connectivity index (χ1n) is 11.1. The fraction of sp³-hybridized carbons (Fsp3) is 0.269. The monoisotopic (exact) mass is 482 g/mol. The van der Waals surface area contributed by atoms with Gasteiger partial charge in [-0.25, -0.2) is 8.42 Å². The summed E-state index contributed by atoms with van der Waals surface area (Å²) in [6, 6.07) is 21.4. The van der Waals surface area contributed by atoms with Gasteiger partial charge >= 0.3 is 0 Å². The van der Waals surface area contributed by atoms with Crippen molar-refractivity contribution in [1.82, 2.24) is 5.32 Å². The second-order valence-corrected chi connectivity index (χ2v) is 9.56. The Bertz CT molecular complexity index is 1190. The molecule has 0 heterocycles. The molecule has 3 aromatic rings. The standard InChI is InChI=1S/C26H30N2O5S/c1-4-32-24-15-13-23(14-16-24)28(34(3,30)31)19-20-9-11-22(12-10-20)26(29)27-18-21-7-6-8-25(17-21)33-5-2/h6-17H,4-5,18-19H2,1-3H3,(H,27,29). The number of carbonyl (C=O) groups excluding carboxylic acids is 1. The molecule has 34 heavy (non-hydrogen) atoms. The molecule has 8 heteroatoms. The summed E-state index contributed by atoms with van der Waals surface area (Å²) in [5.41, 5.74) is 2.74. The van der Waals surface area contributed by atoms with E-state index in [-0.39, 0.29) is 12.5 Å². The lowest BCUT2D eigenvalue weighted by molar-refractivity contribution is 0.0951. The van der Waals surface area contributed by atoms with Gasteiger partial charge in [-0.3, -0.25) is 9.10 Å². The maximum atomic E-state index is 12.6. The molecular weight excluding hydrogens is 452 g/mol. The van der Waals surface area contributed by atoms with Gasteiger partial charge in [0.25, 0.3) is 5.91 Å². The summed E-state index contributed by atoms with van der Waals surface area (Å²) in [4.78, 5) is 12.6. The summed E-state index contributed by atoms with van der Waals surface area (Å²) in [7, 11) is -3.51. The van der Waals surface area contributed by atoms with Gasteiger partial charge in [0.1, 0.15) is 11.5 Å². The van der Waals surface area contributed by atoms with Gasteiger partial charge in [-0.1, -0.05) is 24.3 Å². The molecule has 0 saturated carbocycles. The third kappa shape index (κ3) is 6.99. The molecule has 3 rings (SSSR count). The zero-order chi connectivity index (χ0) is 24.6. The fourth-order valence-electron chi connectivity index (χ4n) is 3.40. The predicted octanol–water partition coefficient (Wildman–Crippen LogP) is 4.38. The van der Waals surface area contributed by atoms with Gasteiger partial charge in [0.05, 0.1) is 31.7 Å². The summed E-state index contributed by atoms with van der Waals surface area (Å²) in [6.45, 7) is 5.46. The van der Waals surface area contributed by atoms with Crippen molar-refractivity contribution in [2.75, 3.05) is 23.8 Å². The minimum atomic E-state index is -3.51.